The summed E-state index contributed by atoms with van der Waals surface area (Å²) in [6.45, 7) is 0.937. The van der Waals surface area contributed by atoms with Gasteiger partial charge in [0.1, 0.15) is 0 Å². The Bertz CT molecular complexity index is 477. The van der Waals surface area contributed by atoms with Gasteiger partial charge in [-0.25, -0.2) is 0 Å². The molecule has 1 aliphatic carbocycles. The SMILES string of the molecule is O=C(N[C@@H](CO)Cc1ccccc1)C1NCC2CCCC21. The molecule has 0 radical (unpaired) electrons. The fourth-order valence-corrected chi connectivity index (χ4v) is 3.83. The Labute approximate surface area is 125 Å². The lowest BCUT2D eigenvalue weighted by Crippen LogP contribution is -2.49. The predicted octanol–water partition coefficient (Wildman–Crippen LogP) is 1.09. The predicted molar refractivity (Wildman–Crippen MR) is 81.8 cm³/mol. The molecule has 1 aliphatic heterocycles. The van der Waals surface area contributed by atoms with E-state index in [4.69, 9.17) is 0 Å². The highest BCUT2D eigenvalue weighted by Gasteiger charge is 2.42. The van der Waals surface area contributed by atoms with E-state index in [9.17, 15) is 9.90 Å². The third kappa shape index (κ3) is 3.27. The summed E-state index contributed by atoms with van der Waals surface area (Å²) in [7, 11) is 0. The van der Waals surface area contributed by atoms with Gasteiger partial charge >= 0.3 is 0 Å². The zero-order valence-electron chi connectivity index (χ0n) is 12.3. The van der Waals surface area contributed by atoms with Crippen LogP contribution in [0.3, 0.4) is 0 Å². The van der Waals surface area contributed by atoms with Crippen LogP contribution in [-0.2, 0) is 11.2 Å². The third-order valence-electron chi connectivity index (χ3n) is 4.92. The maximum absolute atomic E-state index is 12.5. The van der Waals surface area contributed by atoms with Crippen molar-refractivity contribution in [1.82, 2.24) is 10.6 Å². The van der Waals surface area contributed by atoms with Crippen molar-refractivity contribution in [1.29, 1.82) is 0 Å². The van der Waals surface area contributed by atoms with E-state index in [1.54, 1.807) is 0 Å². The zero-order chi connectivity index (χ0) is 14.7. The zero-order valence-corrected chi connectivity index (χ0v) is 12.3. The standard InChI is InChI=1S/C17H24N2O2/c20-11-14(9-12-5-2-1-3-6-12)19-17(21)16-15-8-4-7-13(15)10-18-16/h1-3,5-6,13-16,18,20H,4,7-11H2,(H,19,21)/t13?,14-,15?,16?/m1/s1. The van der Waals surface area contributed by atoms with Crippen LogP contribution in [0.2, 0.25) is 0 Å². The second-order valence-corrected chi connectivity index (χ2v) is 6.32. The summed E-state index contributed by atoms with van der Waals surface area (Å²) in [6.07, 6.45) is 4.31. The summed E-state index contributed by atoms with van der Waals surface area (Å²) in [5.41, 5.74) is 1.13. The van der Waals surface area contributed by atoms with Crippen LogP contribution in [0.15, 0.2) is 30.3 Å². The molecule has 4 heteroatoms. The number of aliphatic hydroxyl groups excluding tert-OH is 1. The van der Waals surface area contributed by atoms with Crippen molar-refractivity contribution in [3.8, 4) is 0 Å². The monoisotopic (exact) mass is 288 g/mol. The summed E-state index contributed by atoms with van der Waals surface area (Å²) in [5, 5.41) is 15.9. The van der Waals surface area contributed by atoms with Gasteiger partial charge in [-0.3, -0.25) is 4.79 Å². The van der Waals surface area contributed by atoms with Gasteiger partial charge in [0.05, 0.1) is 18.7 Å². The molecule has 4 nitrogen and oxygen atoms in total. The van der Waals surface area contributed by atoms with Crippen molar-refractivity contribution in [2.24, 2.45) is 11.8 Å². The molecule has 1 amide bonds. The first kappa shape index (κ1) is 14.5. The number of carbonyl (C=O) groups is 1. The topological polar surface area (TPSA) is 61.4 Å². The molecule has 1 saturated heterocycles. The summed E-state index contributed by atoms with van der Waals surface area (Å²) >= 11 is 0. The lowest BCUT2D eigenvalue weighted by Gasteiger charge is -2.22. The molecule has 114 valence electrons. The molecule has 0 spiro atoms. The van der Waals surface area contributed by atoms with Crippen LogP contribution in [0, 0.1) is 11.8 Å². The Morgan fingerprint density at radius 3 is 2.90 bits per heavy atom. The van der Waals surface area contributed by atoms with Crippen LogP contribution < -0.4 is 10.6 Å². The van der Waals surface area contributed by atoms with Gasteiger partial charge in [-0.1, -0.05) is 36.8 Å². The Morgan fingerprint density at radius 1 is 1.33 bits per heavy atom. The maximum Gasteiger partial charge on any atom is 0.237 e. The molecule has 3 unspecified atom stereocenters. The molecule has 1 aromatic carbocycles. The average molecular weight is 288 g/mol. The first-order chi connectivity index (χ1) is 10.3. The highest BCUT2D eigenvalue weighted by atomic mass is 16.3. The molecule has 0 aromatic heterocycles. The summed E-state index contributed by atoms with van der Waals surface area (Å²) in [6, 6.07) is 9.70. The smallest absolute Gasteiger partial charge is 0.237 e. The van der Waals surface area contributed by atoms with Gasteiger partial charge in [-0.15, -0.1) is 0 Å². The number of benzene rings is 1. The Morgan fingerprint density at radius 2 is 2.14 bits per heavy atom. The van der Waals surface area contributed by atoms with Crippen LogP contribution in [-0.4, -0.2) is 36.2 Å². The van der Waals surface area contributed by atoms with Gasteiger partial charge in [0, 0.05) is 0 Å². The number of hydrogen-bond acceptors (Lipinski definition) is 3. The molecule has 1 heterocycles. The maximum atomic E-state index is 12.5. The molecule has 1 aromatic rings. The number of nitrogens with one attached hydrogen (secondary N) is 2. The van der Waals surface area contributed by atoms with E-state index >= 15 is 0 Å². The largest absolute Gasteiger partial charge is 0.394 e. The molecule has 1 saturated carbocycles. The van der Waals surface area contributed by atoms with E-state index in [1.807, 2.05) is 30.3 Å². The Balaban J connectivity index is 1.57. The quantitative estimate of drug-likeness (QED) is 0.760. The first-order valence-electron chi connectivity index (χ1n) is 7.96. The minimum Gasteiger partial charge on any atom is -0.394 e. The second-order valence-electron chi connectivity index (χ2n) is 6.32. The normalized spacial score (nSPS) is 29.1. The summed E-state index contributed by atoms with van der Waals surface area (Å²) in [4.78, 5) is 12.5. The first-order valence-corrected chi connectivity index (χ1v) is 7.96. The van der Waals surface area contributed by atoms with Crippen molar-refractivity contribution < 1.29 is 9.90 Å². The molecule has 2 aliphatic rings. The number of hydrogen-bond donors (Lipinski definition) is 3. The summed E-state index contributed by atoms with van der Waals surface area (Å²) < 4.78 is 0. The number of rotatable bonds is 5. The van der Waals surface area contributed by atoms with Crippen LogP contribution in [0.25, 0.3) is 0 Å². The van der Waals surface area contributed by atoms with Crippen molar-refractivity contribution >= 4 is 5.91 Å². The van der Waals surface area contributed by atoms with Crippen molar-refractivity contribution in [3.63, 3.8) is 0 Å². The van der Waals surface area contributed by atoms with E-state index in [0.717, 1.165) is 18.5 Å². The van der Waals surface area contributed by atoms with Crippen LogP contribution in [0.4, 0.5) is 0 Å². The molecule has 21 heavy (non-hydrogen) atoms. The highest BCUT2D eigenvalue weighted by molar-refractivity contribution is 5.83. The third-order valence-corrected chi connectivity index (χ3v) is 4.92. The van der Waals surface area contributed by atoms with Gasteiger partial charge in [0.2, 0.25) is 5.91 Å². The molecular weight excluding hydrogens is 264 g/mol. The lowest BCUT2D eigenvalue weighted by molar-refractivity contribution is -0.124. The fourth-order valence-electron chi connectivity index (χ4n) is 3.83. The lowest BCUT2D eigenvalue weighted by atomic mass is 9.93. The Hall–Kier alpha value is -1.39. The van der Waals surface area contributed by atoms with E-state index in [0.29, 0.717) is 18.3 Å². The van der Waals surface area contributed by atoms with Crippen molar-refractivity contribution in [2.75, 3.05) is 13.2 Å². The summed E-state index contributed by atoms with van der Waals surface area (Å²) in [5.74, 6) is 1.21. The molecule has 0 bridgehead atoms. The van der Waals surface area contributed by atoms with Crippen LogP contribution >= 0.6 is 0 Å². The van der Waals surface area contributed by atoms with Gasteiger partial charge in [-0.2, -0.15) is 0 Å². The second kappa shape index (κ2) is 6.58. The van der Waals surface area contributed by atoms with Crippen molar-refractivity contribution in [2.45, 2.75) is 37.8 Å². The number of carbonyl (C=O) groups excluding carboxylic acids is 1. The molecule has 3 rings (SSSR count). The van der Waals surface area contributed by atoms with Crippen LogP contribution in [0.5, 0.6) is 0 Å². The van der Waals surface area contributed by atoms with E-state index in [-0.39, 0.29) is 24.6 Å². The number of aliphatic hydroxyl groups is 1. The number of fused-ring (bicyclic) bond motifs is 1. The number of amides is 1. The minimum atomic E-state index is -0.206. The van der Waals surface area contributed by atoms with E-state index < -0.39 is 0 Å². The Kier molecular flexibility index (Phi) is 4.56. The van der Waals surface area contributed by atoms with Gasteiger partial charge < -0.3 is 15.7 Å². The van der Waals surface area contributed by atoms with E-state index in [1.165, 1.54) is 12.8 Å². The molecular formula is C17H24N2O2. The molecule has 3 N–H and O–H groups in total. The highest BCUT2D eigenvalue weighted by Crippen LogP contribution is 2.37. The van der Waals surface area contributed by atoms with Crippen LogP contribution in [0.1, 0.15) is 24.8 Å². The molecule has 4 atom stereocenters. The van der Waals surface area contributed by atoms with E-state index in [2.05, 4.69) is 10.6 Å². The fraction of sp³-hybridized carbons (Fsp3) is 0.588. The van der Waals surface area contributed by atoms with Gasteiger partial charge in [0.25, 0.3) is 0 Å². The van der Waals surface area contributed by atoms with Gasteiger partial charge in [-0.05, 0) is 43.2 Å². The van der Waals surface area contributed by atoms with Gasteiger partial charge in [0.15, 0.2) is 0 Å². The minimum absolute atomic E-state index is 0.0263. The average Bonchev–Trinajstić information content (AvgIpc) is 3.10. The van der Waals surface area contributed by atoms with Crippen molar-refractivity contribution in [3.05, 3.63) is 35.9 Å². The molecule has 2 fully saturated rings.